The molecule has 0 atom stereocenters. The van der Waals surface area contributed by atoms with Crippen LogP contribution in [0.3, 0.4) is 0 Å². The zero-order valence-electron chi connectivity index (χ0n) is 6.37. The Morgan fingerprint density at radius 2 is 2.09 bits per heavy atom. The number of nitrogen functional groups attached to an aromatic ring is 1. The summed E-state index contributed by atoms with van der Waals surface area (Å²) in [7, 11) is 1.84. The summed E-state index contributed by atoms with van der Waals surface area (Å²) >= 11 is 0. The van der Waals surface area contributed by atoms with E-state index in [1.807, 2.05) is 20.0 Å². The summed E-state index contributed by atoms with van der Waals surface area (Å²) in [6.45, 7) is 1.92. The van der Waals surface area contributed by atoms with E-state index in [2.05, 4.69) is 10.5 Å². The van der Waals surface area contributed by atoms with Crippen molar-refractivity contribution in [2.24, 2.45) is 12.9 Å². The van der Waals surface area contributed by atoms with Gasteiger partial charge in [-0.3, -0.25) is 4.68 Å². The van der Waals surface area contributed by atoms with E-state index in [0.717, 1.165) is 11.5 Å². The van der Waals surface area contributed by atoms with Crippen molar-refractivity contribution in [3.63, 3.8) is 0 Å². The molecule has 0 spiro atoms. The van der Waals surface area contributed by atoms with Crippen molar-refractivity contribution in [3.05, 3.63) is 11.8 Å². The molecule has 1 heterocycles. The Bertz CT molecular complexity index is 210. The summed E-state index contributed by atoms with van der Waals surface area (Å²) in [6, 6.07) is 1.88. The number of aryl methyl sites for hydroxylation is 2. The molecule has 0 aliphatic heterocycles. The molecule has 0 aliphatic rings. The lowest BCUT2D eigenvalue weighted by Gasteiger charge is -1.95. The van der Waals surface area contributed by atoms with Crippen molar-refractivity contribution in [1.29, 1.82) is 0 Å². The van der Waals surface area contributed by atoms with Gasteiger partial charge < -0.3 is 5.43 Å². The lowest BCUT2D eigenvalue weighted by atomic mass is 10.5. The Morgan fingerprint density at radius 1 is 1.55 bits per heavy atom. The molecular weight excluding hydrogens is 187 g/mol. The molecule has 1 rings (SSSR count). The predicted octanol–water partition coefficient (Wildman–Crippen LogP) is 0.858. The summed E-state index contributed by atoms with van der Waals surface area (Å²) in [6.07, 6.45) is 0. The second kappa shape index (κ2) is 5.23. The third kappa shape index (κ3) is 2.96. The highest BCUT2D eigenvalue weighted by atomic mass is 35.5. The van der Waals surface area contributed by atoms with Crippen LogP contribution in [0, 0.1) is 6.92 Å². The van der Waals surface area contributed by atoms with E-state index in [0.29, 0.717) is 0 Å². The SMILES string of the molecule is Cc1cc(NN)n(C)n1.Cl.Cl. The number of aromatic nitrogens is 2. The summed E-state index contributed by atoms with van der Waals surface area (Å²) in [5, 5.41) is 4.06. The average Bonchev–Trinajstić information content (AvgIpc) is 2.10. The number of nitrogens with one attached hydrogen (secondary N) is 1. The van der Waals surface area contributed by atoms with Crippen LogP contribution in [0.4, 0.5) is 5.82 Å². The maximum absolute atomic E-state index is 5.15. The van der Waals surface area contributed by atoms with Crippen molar-refractivity contribution in [2.75, 3.05) is 5.43 Å². The Balaban J connectivity index is 0. The number of anilines is 1. The van der Waals surface area contributed by atoms with Crippen LogP contribution in [0.5, 0.6) is 0 Å². The molecule has 4 nitrogen and oxygen atoms in total. The highest BCUT2D eigenvalue weighted by molar-refractivity contribution is 5.85. The fourth-order valence-electron chi connectivity index (χ4n) is 0.746. The van der Waals surface area contributed by atoms with Crippen LogP contribution < -0.4 is 11.3 Å². The Kier molecular flexibility index (Phi) is 6.26. The zero-order valence-corrected chi connectivity index (χ0v) is 8.00. The van der Waals surface area contributed by atoms with Gasteiger partial charge in [-0.05, 0) is 6.92 Å². The average molecular weight is 199 g/mol. The van der Waals surface area contributed by atoms with Crippen LogP contribution in [-0.2, 0) is 7.05 Å². The second-order valence-electron chi connectivity index (χ2n) is 1.94. The standard InChI is InChI=1S/C5H10N4.2ClH/c1-4-3-5(7-6)9(2)8-4;;/h3,7H,6H2,1-2H3;2*1H. The number of nitrogens with zero attached hydrogens (tertiary/aromatic N) is 2. The van der Waals surface area contributed by atoms with Gasteiger partial charge in [0.05, 0.1) is 5.69 Å². The molecule has 0 radical (unpaired) electrons. The summed E-state index contributed by atoms with van der Waals surface area (Å²) < 4.78 is 1.69. The summed E-state index contributed by atoms with van der Waals surface area (Å²) in [5.74, 6) is 5.98. The van der Waals surface area contributed by atoms with Gasteiger partial charge in [-0.25, -0.2) is 5.84 Å². The van der Waals surface area contributed by atoms with Crippen molar-refractivity contribution in [3.8, 4) is 0 Å². The van der Waals surface area contributed by atoms with Crippen molar-refractivity contribution >= 4 is 30.6 Å². The molecular formula is C5H12Cl2N4. The van der Waals surface area contributed by atoms with Crippen molar-refractivity contribution in [1.82, 2.24) is 9.78 Å². The molecule has 0 fully saturated rings. The summed E-state index contributed by atoms with van der Waals surface area (Å²) in [4.78, 5) is 0. The van der Waals surface area contributed by atoms with Crippen molar-refractivity contribution in [2.45, 2.75) is 6.92 Å². The van der Waals surface area contributed by atoms with E-state index < -0.39 is 0 Å². The number of nitrogens with two attached hydrogens (primary N) is 1. The van der Waals surface area contributed by atoms with Gasteiger partial charge in [0.2, 0.25) is 0 Å². The van der Waals surface area contributed by atoms with Crippen LogP contribution in [0.2, 0.25) is 0 Å². The van der Waals surface area contributed by atoms with E-state index in [1.54, 1.807) is 4.68 Å². The second-order valence-corrected chi connectivity index (χ2v) is 1.94. The molecule has 3 N–H and O–H groups in total. The molecule has 0 aliphatic carbocycles. The maximum Gasteiger partial charge on any atom is 0.138 e. The van der Waals surface area contributed by atoms with Crippen LogP contribution in [0.1, 0.15) is 5.69 Å². The Hall–Kier alpha value is -0.450. The topological polar surface area (TPSA) is 55.9 Å². The number of hydrogen-bond acceptors (Lipinski definition) is 3. The number of halogens is 2. The lowest BCUT2D eigenvalue weighted by molar-refractivity contribution is 0.760. The van der Waals surface area contributed by atoms with Gasteiger partial charge in [-0.2, -0.15) is 5.10 Å². The normalized spacial score (nSPS) is 7.91. The quantitative estimate of drug-likeness (QED) is 0.520. The third-order valence-corrected chi connectivity index (χ3v) is 1.15. The number of rotatable bonds is 1. The molecule has 11 heavy (non-hydrogen) atoms. The first-order valence-corrected chi connectivity index (χ1v) is 2.71. The fourth-order valence-corrected chi connectivity index (χ4v) is 0.746. The molecule has 0 bridgehead atoms. The third-order valence-electron chi connectivity index (χ3n) is 1.15. The first kappa shape index (κ1) is 13.2. The van der Waals surface area contributed by atoms with E-state index in [4.69, 9.17) is 5.84 Å². The van der Waals surface area contributed by atoms with E-state index >= 15 is 0 Å². The van der Waals surface area contributed by atoms with E-state index in [1.165, 1.54) is 0 Å². The predicted molar refractivity (Wildman–Crippen MR) is 50.3 cm³/mol. The van der Waals surface area contributed by atoms with Crippen LogP contribution in [0.15, 0.2) is 6.07 Å². The number of hydrogen-bond donors (Lipinski definition) is 2. The number of hydrazine groups is 1. The molecule has 0 amide bonds. The lowest BCUT2D eigenvalue weighted by Crippen LogP contribution is -2.10. The molecule has 1 aromatic rings. The van der Waals surface area contributed by atoms with Gasteiger partial charge in [-0.15, -0.1) is 24.8 Å². The monoisotopic (exact) mass is 198 g/mol. The molecule has 6 heteroatoms. The first-order valence-electron chi connectivity index (χ1n) is 2.71. The molecule has 0 saturated carbocycles. The molecule has 66 valence electrons. The smallest absolute Gasteiger partial charge is 0.138 e. The van der Waals surface area contributed by atoms with Gasteiger partial charge in [0.25, 0.3) is 0 Å². The first-order chi connectivity index (χ1) is 4.24. The van der Waals surface area contributed by atoms with E-state index in [-0.39, 0.29) is 24.8 Å². The van der Waals surface area contributed by atoms with Crippen LogP contribution in [0.25, 0.3) is 0 Å². The minimum atomic E-state index is 0. The van der Waals surface area contributed by atoms with Gasteiger partial charge in [0, 0.05) is 13.1 Å². The van der Waals surface area contributed by atoms with Crippen molar-refractivity contribution < 1.29 is 0 Å². The minimum absolute atomic E-state index is 0. The molecule has 0 saturated heterocycles. The van der Waals surface area contributed by atoms with Gasteiger partial charge >= 0.3 is 0 Å². The molecule has 0 aromatic carbocycles. The highest BCUT2D eigenvalue weighted by Gasteiger charge is 1.96. The van der Waals surface area contributed by atoms with Gasteiger partial charge in [0.15, 0.2) is 0 Å². The summed E-state index contributed by atoms with van der Waals surface area (Å²) in [5.41, 5.74) is 3.48. The maximum atomic E-state index is 5.15. The van der Waals surface area contributed by atoms with Crippen LogP contribution >= 0.6 is 24.8 Å². The molecule has 0 unspecified atom stereocenters. The molecule has 1 aromatic heterocycles. The minimum Gasteiger partial charge on any atom is -0.309 e. The van der Waals surface area contributed by atoms with Crippen LogP contribution in [-0.4, -0.2) is 9.78 Å². The zero-order chi connectivity index (χ0) is 6.85. The van der Waals surface area contributed by atoms with Gasteiger partial charge in [-0.1, -0.05) is 0 Å². The Labute approximate surface area is 77.9 Å². The Morgan fingerprint density at radius 3 is 2.27 bits per heavy atom. The highest BCUT2D eigenvalue weighted by Crippen LogP contribution is 2.04. The largest absolute Gasteiger partial charge is 0.309 e. The van der Waals surface area contributed by atoms with Gasteiger partial charge in [0.1, 0.15) is 5.82 Å². The fraction of sp³-hybridized carbons (Fsp3) is 0.400. The van der Waals surface area contributed by atoms with E-state index in [9.17, 15) is 0 Å².